The first-order valence-electron chi connectivity index (χ1n) is 10.1. The number of nitrogens with one attached hydrogen (secondary N) is 3. The minimum absolute atomic E-state index is 0.266. The summed E-state index contributed by atoms with van der Waals surface area (Å²) in [6, 6.07) is 14.8. The average molecular weight is 415 g/mol. The Morgan fingerprint density at radius 3 is 2.39 bits per heavy atom. The standard InChI is InChI=1S/C24H25N5O2/c1-14-9-11-17(12-10-14)23(30)27-21-18-7-5-6-8-20(18)26-22(21)24(31)25-13-19-15(2)28-29(4)16(19)3/h5-12,26H,13H2,1-4H3,(H,25,31)(H,27,30). The molecule has 2 heterocycles. The summed E-state index contributed by atoms with van der Waals surface area (Å²) in [7, 11) is 1.88. The van der Waals surface area contributed by atoms with Crippen LogP contribution < -0.4 is 10.6 Å². The van der Waals surface area contributed by atoms with Crippen molar-refractivity contribution in [3.8, 4) is 0 Å². The Kier molecular flexibility index (Phi) is 5.33. The number of rotatable bonds is 5. The van der Waals surface area contributed by atoms with Gasteiger partial charge in [0.05, 0.1) is 11.4 Å². The number of amides is 2. The van der Waals surface area contributed by atoms with Crippen LogP contribution in [0.4, 0.5) is 5.69 Å². The first-order chi connectivity index (χ1) is 14.8. The van der Waals surface area contributed by atoms with Crippen LogP contribution in [0.15, 0.2) is 48.5 Å². The van der Waals surface area contributed by atoms with Crippen molar-refractivity contribution in [1.29, 1.82) is 0 Å². The zero-order chi connectivity index (χ0) is 22.1. The minimum Gasteiger partial charge on any atom is -0.349 e. The van der Waals surface area contributed by atoms with Crippen molar-refractivity contribution < 1.29 is 9.59 Å². The lowest BCUT2D eigenvalue weighted by molar-refractivity contribution is 0.0947. The number of hydrogen-bond acceptors (Lipinski definition) is 3. The summed E-state index contributed by atoms with van der Waals surface area (Å²) in [5, 5.41) is 11.1. The summed E-state index contributed by atoms with van der Waals surface area (Å²) in [6.45, 7) is 6.21. The maximum atomic E-state index is 13.1. The second-order valence-corrected chi connectivity index (χ2v) is 7.70. The molecule has 3 N–H and O–H groups in total. The molecule has 0 aliphatic carbocycles. The summed E-state index contributed by atoms with van der Waals surface area (Å²) >= 11 is 0. The fourth-order valence-corrected chi connectivity index (χ4v) is 3.66. The highest BCUT2D eigenvalue weighted by Crippen LogP contribution is 2.28. The molecule has 31 heavy (non-hydrogen) atoms. The minimum atomic E-state index is -0.293. The smallest absolute Gasteiger partial charge is 0.270 e. The molecule has 0 atom stereocenters. The number of para-hydroxylation sites is 1. The van der Waals surface area contributed by atoms with E-state index in [0.717, 1.165) is 33.4 Å². The van der Waals surface area contributed by atoms with Crippen LogP contribution in [0.2, 0.25) is 0 Å². The van der Waals surface area contributed by atoms with Crippen molar-refractivity contribution in [2.75, 3.05) is 5.32 Å². The predicted octanol–water partition coefficient (Wildman–Crippen LogP) is 4.01. The van der Waals surface area contributed by atoms with Crippen LogP contribution in [0.3, 0.4) is 0 Å². The average Bonchev–Trinajstić information content (AvgIpc) is 3.23. The molecule has 0 aliphatic heterocycles. The van der Waals surface area contributed by atoms with E-state index in [1.54, 1.807) is 16.8 Å². The van der Waals surface area contributed by atoms with E-state index in [0.29, 0.717) is 23.5 Å². The quantitative estimate of drug-likeness (QED) is 0.460. The fourth-order valence-electron chi connectivity index (χ4n) is 3.66. The molecule has 7 heteroatoms. The van der Waals surface area contributed by atoms with Gasteiger partial charge >= 0.3 is 0 Å². The second kappa shape index (κ2) is 8.10. The lowest BCUT2D eigenvalue weighted by Crippen LogP contribution is -2.25. The van der Waals surface area contributed by atoms with Crippen LogP contribution >= 0.6 is 0 Å². The van der Waals surface area contributed by atoms with Crippen molar-refractivity contribution in [2.45, 2.75) is 27.3 Å². The largest absolute Gasteiger partial charge is 0.349 e. The zero-order valence-electron chi connectivity index (χ0n) is 18.0. The van der Waals surface area contributed by atoms with Gasteiger partial charge in [-0.2, -0.15) is 5.10 Å². The van der Waals surface area contributed by atoms with Crippen LogP contribution in [0.1, 0.15) is 43.4 Å². The van der Waals surface area contributed by atoms with Gasteiger partial charge in [-0.3, -0.25) is 14.3 Å². The van der Waals surface area contributed by atoms with Crippen LogP contribution in [0.5, 0.6) is 0 Å². The van der Waals surface area contributed by atoms with Crippen LogP contribution in [0, 0.1) is 20.8 Å². The second-order valence-electron chi connectivity index (χ2n) is 7.70. The Balaban J connectivity index is 1.63. The van der Waals surface area contributed by atoms with Crippen molar-refractivity contribution in [3.05, 3.63) is 82.3 Å². The van der Waals surface area contributed by atoms with E-state index in [1.165, 1.54) is 0 Å². The summed E-state index contributed by atoms with van der Waals surface area (Å²) in [5.41, 5.74) is 6.04. The SMILES string of the molecule is Cc1ccc(C(=O)Nc2c(C(=O)NCc3c(C)nn(C)c3C)[nH]c3ccccc23)cc1. The van der Waals surface area contributed by atoms with E-state index in [-0.39, 0.29) is 11.8 Å². The first kappa shape index (κ1) is 20.4. The molecule has 2 aromatic heterocycles. The highest BCUT2D eigenvalue weighted by molar-refractivity contribution is 6.15. The third-order valence-electron chi connectivity index (χ3n) is 5.57. The number of aromatic amines is 1. The van der Waals surface area contributed by atoms with Gasteiger partial charge in [-0.1, -0.05) is 35.9 Å². The molecule has 0 saturated carbocycles. The van der Waals surface area contributed by atoms with Gasteiger partial charge in [0.2, 0.25) is 0 Å². The maximum absolute atomic E-state index is 13.1. The Morgan fingerprint density at radius 2 is 1.71 bits per heavy atom. The normalized spacial score (nSPS) is 11.0. The molecule has 4 aromatic rings. The molecule has 0 bridgehead atoms. The number of anilines is 1. The molecule has 0 unspecified atom stereocenters. The molecule has 0 saturated heterocycles. The van der Waals surface area contributed by atoms with Gasteiger partial charge in [0, 0.05) is 41.3 Å². The van der Waals surface area contributed by atoms with Crippen LogP contribution in [-0.2, 0) is 13.6 Å². The molecule has 0 radical (unpaired) electrons. The van der Waals surface area contributed by atoms with Crippen molar-refractivity contribution in [1.82, 2.24) is 20.1 Å². The topological polar surface area (TPSA) is 91.8 Å². The maximum Gasteiger partial charge on any atom is 0.270 e. The zero-order valence-corrected chi connectivity index (χ0v) is 18.0. The van der Waals surface area contributed by atoms with Gasteiger partial charge in [0.25, 0.3) is 11.8 Å². The Bertz CT molecular complexity index is 1280. The fraction of sp³-hybridized carbons (Fsp3) is 0.208. The summed E-state index contributed by atoms with van der Waals surface area (Å²) in [4.78, 5) is 29.1. The number of nitrogens with zero attached hydrogens (tertiary/aromatic N) is 2. The number of carbonyl (C=O) groups is 2. The monoisotopic (exact) mass is 415 g/mol. The number of aromatic nitrogens is 3. The molecule has 2 aromatic carbocycles. The van der Waals surface area contributed by atoms with Crippen LogP contribution in [-0.4, -0.2) is 26.6 Å². The lowest BCUT2D eigenvalue weighted by Gasteiger charge is -2.09. The molecule has 0 spiro atoms. The molecule has 158 valence electrons. The van der Waals surface area contributed by atoms with Gasteiger partial charge in [-0.15, -0.1) is 0 Å². The molecule has 4 rings (SSSR count). The van der Waals surface area contributed by atoms with E-state index < -0.39 is 0 Å². The lowest BCUT2D eigenvalue weighted by atomic mass is 10.1. The van der Waals surface area contributed by atoms with Gasteiger partial charge in [0.1, 0.15) is 5.69 Å². The Labute approximate surface area is 180 Å². The van der Waals surface area contributed by atoms with Gasteiger partial charge in [-0.25, -0.2) is 0 Å². The summed E-state index contributed by atoms with van der Waals surface area (Å²) in [6.07, 6.45) is 0. The Hall–Kier alpha value is -3.87. The molecular weight excluding hydrogens is 390 g/mol. The van der Waals surface area contributed by atoms with Crippen molar-refractivity contribution in [2.24, 2.45) is 7.05 Å². The van der Waals surface area contributed by atoms with E-state index in [1.807, 2.05) is 64.2 Å². The number of H-pyrrole nitrogens is 1. The Morgan fingerprint density at radius 1 is 1.00 bits per heavy atom. The molecule has 2 amide bonds. The number of fused-ring (bicyclic) bond motifs is 1. The molecule has 0 fully saturated rings. The van der Waals surface area contributed by atoms with E-state index >= 15 is 0 Å². The first-order valence-corrected chi connectivity index (χ1v) is 10.1. The number of hydrogen-bond donors (Lipinski definition) is 3. The summed E-state index contributed by atoms with van der Waals surface area (Å²) in [5.74, 6) is -0.559. The number of carbonyl (C=O) groups excluding carboxylic acids is 2. The number of benzene rings is 2. The number of aryl methyl sites for hydroxylation is 3. The predicted molar refractivity (Wildman–Crippen MR) is 121 cm³/mol. The molecule has 7 nitrogen and oxygen atoms in total. The van der Waals surface area contributed by atoms with Crippen molar-refractivity contribution in [3.63, 3.8) is 0 Å². The van der Waals surface area contributed by atoms with Crippen LogP contribution in [0.25, 0.3) is 10.9 Å². The van der Waals surface area contributed by atoms with Gasteiger partial charge in [0.15, 0.2) is 0 Å². The molecular formula is C24H25N5O2. The van der Waals surface area contributed by atoms with Gasteiger partial charge < -0.3 is 15.6 Å². The van der Waals surface area contributed by atoms with E-state index in [9.17, 15) is 9.59 Å². The third-order valence-corrected chi connectivity index (χ3v) is 5.57. The van der Waals surface area contributed by atoms with E-state index in [4.69, 9.17) is 0 Å². The molecule has 0 aliphatic rings. The highest BCUT2D eigenvalue weighted by Gasteiger charge is 2.21. The van der Waals surface area contributed by atoms with Crippen molar-refractivity contribution >= 4 is 28.4 Å². The highest BCUT2D eigenvalue weighted by atomic mass is 16.2. The summed E-state index contributed by atoms with van der Waals surface area (Å²) < 4.78 is 1.80. The third kappa shape index (κ3) is 3.94. The van der Waals surface area contributed by atoms with E-state index in [2.05, 4.69) is 20.7 Å². The van der Waals surface area contributed by atoms with Gasteiger partial charge in [-0.05, 0) is 39.0 Å².